The van der Waals surface area contributed by atoms with Crippen molar-refractivity contribution in [1.29, 1.82) is 0 Å². The van der Waals surface area contributed by atoms with Gasteiger partial charge in [0.05, 0.1) is 6.61 Å². The van der Waals surface area contributed by atoms with Gasteiger partial charge in [-0.05, 0) is 59.5 Å². The van der Waals surface area contributed by atoms with E-state index in [0.29, 0.717) is 39.2 Å². The van der Waals surface area contributed by atoms with E-state index in [1.165, 1.54) is 5.56 Å². The number of nitrogens with zero attached hydrogens (tertiary/aromatic N) is 5. The highest BCUT2D eigenvalue weighted by Crippen LogP contribution is 2.23. The molecule has 3 amide bonds. The number of hydrogen-bond donors (Lipinski definition) is 0. The van der Waals surface area contributed by atoms with Crippen LogP contribution in [0.4, 0.5) is 5.69 Å². The summed E-state index contributed by atoms with van der Waals surface area (Å²) in [4.78, 5) is 51.1. The minimum absolute atomic E-state index is 0.0315. The molecule has 2 heterocycles. The zero-order chi connectivity index (χ0) is 37.0. The summed E-state index contributed by atoms with van der Waals surface area (Å²) >= 11 is 0. The molecular formula is C44H51N5O4. The second-order valence-corrected chi connectivity index (χ2v) is 13.8. The first-order valence-corrected chi connectivity index (χ1v) is 18.8. The van der Waals surface area contributed by atoms with E-state index in [1.54, 1.807) is 24.0 Å². The maximum Gasteiger partial charge on any atom is 0.247 e. The third-order valence-electron chi connectivity index (χ3n) is 10.1. The fourth-order valence-corrected chi connectivity index (χ4v) is 7.08. The lowest BCUT2D eigenvalue weighted by atomic mass is 10.0. The highest BCUT2D eigenvalue weighted by atomic mass is 16.5. The van der Waals surface area contributed by atoms with Gasteiger partial charge in [0, 0.05) is 90.6 Å². The molecule has 276 valence electrons. The van der Waals surface area contributed by atoms with Crippen molar-refractivity contribution >= 4 is 29.5 Å². The fraction of sp³-hybridized carbons (Fsp3) is 0.341. The molecule has 2 saturated heterocycles. The largest absolute Gasteiger partial charge is 0.494 e. The van der Waals surface area contributed by atoms with Crippen LogP contribution >= 0.6 is 0 Å². The third-order valence-corrected chi connectivity index (χ3v) is 10.1. The van der Waals surface area contributed by atoms with Crippen LogP contribution in [0.15, 0.2) is 115 Å². The average Bonchev–Trinajstić information content (AvgIpc) is 3.20. The van der Waals surface area contributed by atoms with Crippen molar-refractivity contribution in [3.05, 3.63) is 138 Å². The minimum atomic E-state index is -0.699. The zero-order valence-corrected chi connectivity index (χ0v) is 31.0. The fourth-order valence-electron chi connectivity index (χ4n) is 7.08. The molecule has 0 aliphatic carbocycles. The van der Waals surface area contributed by atoms with Gasteiger partial charge in [-0.1, -0.05) is 84.9 Å². The lowest BCUT2D eigenvalue weighted by Gasteiger charge is -2.39. The van der Waals surface area contributed by atoms with Crippen LogP contribution in [0, 0.1) is 0 Å². The molecule has 2 aliphatic heterocycles. The first-order chi connectivity index (χ1) is 25.9. The van der Waals surface area contributed by atoms with E-state index in [2.05, 4.69) is 58.3 Å². The lowest BCUT2D eigenvalue weighted by molar-refractivity contribution is -0.145. The Bertz CT molecular complexity index is 1800. The Balaban J connectivity index is 1.24. The molecule has 0 radical (unpaired) electrons. The van der Waals surface area contributed by atoms with Crippen LogP contribution in [-0.4, -0.2) is 102 Å². The lowest BCUT2D eigenvalue weighted by Crippen LogP contribution is -2.56. The van der Waals surface area contributed by atoms with Crippen LogP contribution in [0.5, 0.6) is 5.75 Å². The van der Waals surface area contributed by atoms with Crippen molar-refractivity contribution in [3.8, 4) is 5.75 Å². The maximum absolute atomic E-state index is 14.7. The number of hydrogen-bond acceptors (Lipinski definition) is 6. The van der Waals surface area contributed by atoms with Crippen molar-refractivity contribution in [2.24, 2.45) is 0 Å². The number of rotatable bonds is 13. The van der Waals surface area contributed by atoms with Gasteiger partial charge in [-0.25, -0.2) is 0 Å². The summed E-state index contributed by atoms with van der Waals surface area (Å²) in [6, 6.07) is 35.6. The molecule has 0 bridgehead atoms. The Hall–Kier alpha value is -5.41. The van der Waals surface area contributed by atoms with Crippen LogP contribution in [0.25, 0.3) is 6.08 Å². The second-order valence-electron chi connectivity index (χ2n) is 13.8. The van der Waals surface area contributed by atoms with Gasteiger partial charge in [-0.2, -0.15) is 0 Å². The molecule has 4 aromatic carbocycles. The normalized spacial score (nSPS) is 15.7. The van der Waals surface area contributed by atoms with E-state index in [0.717, 1.165) is 60.9 Å². The molecule has 0 aromatic heterocycles. The molecule has 4 aromatic rings. The van der Waals surface area contributed by atoms with Crippen LogP contribution in [0.2, 0.25) is 0 Å². The topological polar surface area (TPSA) is 76.6 Å². The van der Waals surface area contributed by atoms with E-state index >= 15 is 0 Å². The summed E-state index contributed by atoms with van der Waals surface area (Å²) in [5, 5.41) is 0. The first-order valence-electron chi connectivity index (χ1n) is 18.8. The monoisotopic (exact) mass is 713 g/mol. The van der Waals surface area contributed by atoms with Gasteiger partial charge in [0.25, 0.3) is 0 Å². The molecule has 9 nitrogen and oxygen atoms in total. The van der Waals surface area contributed by atoms with E-state index in [1.807, 2.05) is 77.4 Å². The molecule has 0 saturated carbocycles. The summed E-state index contributed by atoms with van der Waals surface area (Å²) < 4.78 is 5.60. The minimum Gasteiger partial charge on any atom is -0.494 e. The van der Waals surface area contributed by atoms with Crippen molar-refractivity contribution in [3.63, 3.8) is 0 Å². The molecule has 53 heavy (non-hydrogen) atoms. The summed E-state index contributed by atoms with van der Waals surface area (Å²) in [5.74, 6) is 0.630. The number of piperazine rings is 2. The number of benzene rings is 4. The summed E-state index contributed by atoms with van der Waals surface area (Å²) in [6.45, 7) is 11.0. The van der Waals surface area contributed by atoms with E-state index < -0.39 is 6.04 Å². The molecule has 0 spiro atoms. The van der Waals surface area contributed by atoms with Gasteiger partial charge in [-0.15, -0.1) is 0 Å². The maximum atomic E-state index is 14.7. The first kappa shape index (κ1) is 37.4. The summed E-state index contributed by atoms with van der Waals surface area (Å²) in [6.07, 6.45) is 3.80. The van der Waals surface area contributed by atoms with Gasteiger partial charge >= 0.3 is 0 Å². The second kappa shape index (κ2) is 18.4. The standard InChI is InChI=1S/C44H51N5O4/c1-3-53-41-21-16-36(17-22-41)18-23-43(51)49(34-39-14-19-40(20-15-39)47-30-28-46(29-31-47)35(2)50)42(32-37-10-6-4-7-11-37)44(52)48-26-24-45(25-27-48)33-38-12-8-5-9-13-38/h4-23,42H,3,24-34H2,1-2H3. The van der Waals surface area contributed by atoms with Crippen molar-refractivity contribution < 1.29 is 19.1 Å². The molecule has 2 fully saturated rings. The molecule has 1 atom stereocenters. The van der Waals surface area contributed by atoms with E-state index in [9.17, 15) is 14.4 Å². The summed E-state index contributed by atoms with van der Waals surface area (Å²) in [5.41, 5.74) is 5.15. The van der Waals surface area contributed by atoms with E-state index in [-0.39, 0.29) is 24.3 Å². The number of anilines is 1. The number of carbonyl (C=O) groups excluding carboxylic acids is 3. The number of ether oxygens (including phenoxy) is 1. The van der Waals surface area contributed by atoms with Crippen LogP contribution in [-0.2, 0) is 33.9 Å². The molecule has 1 unspecified atom stereocenters. The van der Waals surface area contributed by atoms with Crippen LogP contribution in [0.1, 0.15) is 36.1 Å². The van der Waals surface area contributed by atoms with Crippen molar-refractivity contribution in [2.45, 2.75) is 39.4 Å². The van der Waals surface area contributed by atoms with Gasteiger partial charge in [0.2, 0.25) is 17.7 Å². The summed E-state index contributed by atoms with van der Waals surface area (Å²) in [7, 11) is 0. The van der Waals surface area contributed by atoms with Crippen LogP contribution in [0.3, 0.4) is 0 Å². The van der Waals surface area contributed by atoms with Crippen molar-refractivity contribution in [1.82, 2.24) is 19.6 Å². The SMILES string of the molecule is CCOc1ccc(C=CC(=O)N(Cc2ccc(N3CCN(C(C)=O)CC3)cc2)C(Cc2ccccc2)C(=O)N2CCN(Cc3ccccc3)CC2)cc1. The third kappa shape index (κ3) is 10.4. The highest BCUT2D eigenvalue weighted by Gasteiger charge is 2.34. The predicted octanol–water partition coefficient (Wildman–Crippen LogP) is 5.75. The quantitative estimate of drug-likeness (QED) is 0.164. The van der Waals surface area contributed by atoms with Gasteiger partial charge < -0.3 is 24.3 Å². The van der Waals surface area contributed by atoms with Crippen molar-refractivity contribution in [2.75, 3.05) is 63.9 Å². The molecular weight excluding hydrogens is 663 g/mol. The molecule has 6 rings (SSSR count). The number of carbonyl (C=O) groups is 3. The van der Waals surface area contributed by atoms with E-state index in [4.69, 9.17) is 4.74 Å². The van der Waals surface area contributed by atoms with Gasteiger partial charge in [-0.3, -0.25) is 19.3 Å². The Morgan fingerprint density at radius 1 is 0.698 bits per heavy atom. The average molecular weight is 714 g/mol. The Labute approximate surface area is 314 Å². The van der Waals surface area contributed by atoms with Crippen LogP contribution < -0.4 is 9.64 Å². The number of amides is 3. The Kier molecular flexibility index (Phi) is 13.0. The predicted molar refractivity (Wildman–Crippen MR) is 210 cm³/mol. The zero-order valence-electron chi connectivity index (χ0n) is 31.0. The molecule has 2 aliphatic rings. The highest BCUT2D eigenvalue weighted by molar-refractivity contribution is 5.96. The Morgan fingerprint density at radius 3 is 1.91 bits per heavy atom. The van der Waals surface area contributed by atoms with Gasteiger partial charge in [0.1, 0.15) is 11.8 Å². The Morgan fingerprint density at radius 2 is 1.30 bits per heavy atom. The molecule has 0 N–H and O–H groups in total. The molecule has 9 heteroatoms. The van der Waals surface area contributed by atoms with Gasteiger partial charge in [0.15, 0.2) is 0 Å². The smallest absolute Gasteiger partial charge is 0.247 e.